The van der Waals surface area contributed by atoms with E-state index in [4.69, 9.17) is 4.98 Å². The molecule has 0 aromatic carbocycles. The average Bonchev–Trinajstić information content (AvgIpc) is 3.55. The van der Waals surface area contributed by atoms with Gasteiger partial charge in [-0.2, -0.15) is 0 Å². The first-order valence-corrected chi connectivity index (χ1v) is 9.43. The second-order valence-electron chi connectivity index (χ2n) is 7.68. The Morgan fingerprint density at radius 3 is 2.84 bits per heavy atom. The minimum Gasteiger partial charge on any atom is -0.364 e. The molecular formula is C18H24N6O. The minimum absolute atomic E-state index is 0.166. The molecule has 1 atom stereocenters. The largest absolute Gasteiger partial charge is 0.364 e. The molecule has 2 aromatic rings. The molecule has 1 N–H and O–H groups in total. The van der Waals surface area contributed by atoms with Gasteiger partial charge in [-0.15, -0.1) is 0 Å². The molecule has 7 nitrogen and oxygen atoms in total. The molecule has 0 amide bonds. The maximum absolute atomic E-state index is 11.4. The van der Waals surface area contributed by atoms with Crippen molar-refractivity contribution in [2.45, 2.75) is 63.1 Å². The van der Waals surface area contributed by atoms with Gasteiger partial charge in [-0.3, -0.25) is 4.90 Å². The van der Waals surface area contributed by atoms with Gasteiger partial charge in [-0.25, -0.2) is 15.0 Å². The van der Waals surface area contributed by atoms with Gasteiger partial charge in [0.05, 0.1) is 5.54 Å². The van der Waals surface area contributed by atoms with E-state index < -0.39 is 0 Å². The van der Waals surface area contributed by atoms with Crippen molar-refractivity contribution >= 4 is 23.3 Å². The third kappa shape index (κ3) is 2.44. The third-order valence-corrected chi connectivity index (χ3v) is 5.96. The minimum atomic E-state index is -0.166. The average molecular weight is 340 g/mol. The number of aromatic nitrogens is 4. The van der Waals surface area contributed by atoms with Crippen LogP contribution < -0.4 is 5.32 Å². The molecule has 7 heteroatoms. The Labute approximate surface area is 146 Å². The molecule has 132 valence electrons. The quantitative estimate of drug-likeness (QED) is 0.810. The van der Waals surface area contributed by atoms with Crippen molar-refractivity contribution in [1.82, 2.24) is 24.4 Å². The van der Waals surface area contributed by atoms with Crippen molar-refractivity contribution in [2.75, 3.05) is 18.4 Å². The van der Waals surface area contributed by atoms with Crippen LogP contribution in [0.4, 0.5) is 5.82 Å². The van der Waals surface area contributed by atoms with Crippen molar-refractivity contribution in [1.29, 1.82) is 0 Å². The molecule has 0 bridgehead atoms. The van der Waals surface area contributed by atoms with Crippen LogP contribution in [0.25, 0.3) is 11.2 Å². The fourth-order valence-corrected chi connectivity index (χ4v) is 4.14. The van der Waals surface area contributed by atoms with Gasteiger partial charge in [0, 0.05) is 31.6 Å². The zero-order valence-electron chi connectivity index (χ0n) is 14.6. The van der Waals surface area contributed by atoms with E-state index in [1.54, 1.807) is 6.33 Å². The number of aldehydes is 1. The van der Waals surface area contributed by atoms with Crippen LogP contribution in [0.3, 0.4) is 0 Å². The number of aryl methyl sites for hydroxylation is 1. The number of fused-ring (bicyclic) bond motifs is 1. The smallest absolute Gasteiger partial charge is 0.165 e. The maximum Gasteiger partial charge on any atom is 0.165 e. The number of nitrogens with one attached hydrogen (secondary N) is 1. The SMILES string of the molecule is CCn1c(C2CC2)nc2c(NC3CCN(C4(C=O)CC4)C3)ncnc21. The summed E-state index contributed by atoms with van der Waals surface area (Å²) < 4.78 is 2.23. The summed E-state index contributed by atoms with van der Waals surface area (Å²) in [7, 11) is 0. The number of imidazole rings is 1. The highest BCUT2D eigenvalue weighted by atomic mass is 16.1. The number of likely N-dealkylation sites (tertiary alicyclic amines) is 1. The van der Waals surface area contributed by atoms with Crippen LogP contribution in [0.1, 0.15) is 50.8 Å². The molecule has 2 aromatic heterocycles. The maximum atomic E-state index is 11.4. The first-order chi connectivity index (χ1) is 12.2. The Morgan fingerprint density at radius 2 is 2.16 bits per heavy atom. The molecule has 2 aliphatic carbocycles. The van der Waals surface area contributed by atoms with Crippen molar-refractivity contribution in [2.24, 2.45) is 0 Å². The summed E-state index contributed by atoms with van der Waals surface area (Å²) in [6.07, 6.45) is 8.28. The highest BCUT2D eigenvalue weighted by molar-refractivity contribution is 5.83. The second-order valence-corrected chi connectivity index (χ2v) is 7.68. The third-order valence-electron chi connectivity index (χ3n) is 5.96. The number of hydrogen-bond donors (Lipinski definition) is 1. The van der Waals surface area contributed by atoms with Crippen molar-refractivity contribution in [3.63, 3.8) is 0 Å². The summed E-state index contributed by atoms with van der Waals surface area (Å²) in [6, 6.07) is 0.312. The topological polar surface area (TPSA) is 75.9 Å². The summed E-state index contributed by atoms with van der Waals surface area (Å²) in [5, 5.41) is 3.58. The summed E-state index contributed by atoms with van der Waals surface area (Å²) in [5.74, 6) is 2.58. The first-order valence-electron chi connectivity index (χ1n) is 9.43. The van der Waals surface area contributed by atoms with E-state index >= 15 is 0 Å². The molecule has 0 spiro atoms. The first kappa shape index (κ1) is 15.3. The van der Waals surface area contributed by atoms with Gasteiger partial charge in [-0.05, 0) is 39.0 Å². The van der Waals surface area contributed by atoms with Crippen LogP contribution in [0.5, 0.6) is 0 Å². The number of carbonyl (C=O) groups excluding carboxylic acids is 1. The fourth-order valence-electron chi connectivity index (χ4n) is 4.14. The highest BCUT2D eigenvalue weighted by Gasteiger charge is 2.50. The van der Waals surface area contributed by atoms with E-state index in [-0.39, 0.29) is 5.54 Å². The molecule has 5 rings (SSSR count). The van der Waals surface area contributed by atoms with Gasteiger partial charge in [0.2, 0.25) is 0 Å². The lowest BCUT2D eigenvalue weighted by atomic mass is 10.2. The predicted molar refractivity (Wildman–Crippen MR) is 94.6 cm³/mol. The summed E-state index contributed by atoms with van der Waals surface area (Å²) >= 11 is 0. The van der Waals surface area contributed by atoms with Crippen LogP contribution >= 0.6 is 0 Å². The molecule has 3 heterocycles. The second kappa shape index (κ2) is 5.49. The summed E-state index contributed by atoms with van der Waals surface area (Å²) in [6.45, 7) is 4.90. The molecular weight excluding hydrogens is 316 g/mol. The zero-order chi connectivity index (χ0) is 17.0. The van der Waals surface area contributed by atoms with Crippen LogP contribution in [0, 0.1) is 0 Å². The molecule has 1 saturated heterocycles. The highest BCUT2D eigenvalue weighted by Crippen LogP contribution is 2.42. The van der Waals surface area contributed by atoms with E-state index in [1.807, 2.05) is 0 Å². The van der Waals surface area contributed by atoms with Gasteiger partial charge < -0.3 is 14.7 Å². The van der Waals surface area contributed by atoms with Crippen molar-refractivity contribution < 1.29 is 4.79 Å². The van der Waals surface area contributed by atoms with Gasteiger partial charge in [0.15, 0.2) is 17.0 Å². The molecule has 1 aliphatic heterocycles. The molecule has 2 saturated carbocycles. The Bertz CT molecular complexity index is 822. The summed E-state index contributed by atoms with van der Waals surface area (Å²) in [5.41, 5.74) is 1.66. The number of nitrogens with zero attached hydrogens (tertiary/aromatic N) is 5. The monoisotopic (exact) mass is 340 g/mol. The molecule has 1 unspecified atom stereocenters. The van der Waals surface area contributed by atoms with E-state index in [1.165, 1.54) is 12.8 Å². The van der Waals surface area contributed by atoms with Gasteiger partial charge in [0.1, 0.15) is 18.4 Å². The number of rotatable bonds is 6. The van der Waals surface area contributed by atoms with Crippen LogP contribution in [0.2, 0.25) is 0 Å². The van der Waals surface area contributed by atoms with E-state index in [0.717, 1.165) is 68.0 Å². The van der Waals surface area contributed by atoms with Gasteiger partial charge in [0.25, 0.3) is 0 Å². The predicted octanol–water partition coefficient (Wildman–Crippen LogP) is 1.94. The molecule has 0 radical (unpaired) electrons. The van der Waals surface area contributed by atoms with Gasteiger partial charge in [-0.1, -0.05) is 0 Å². The standard InChI is InChI=1S/C18H24N6O/c1-2-24-16(12-3-4-12)22-14-15(19-11-20-17(14)24)21-13-5-8-23(9-13)18(10-25)6-7-18/h10-13H,2-9H2,1H3,(H,19,20,21). The van der Waals surface area contributed by atoms with E-state index in [9.17, 15) is 4.79 Å². The van der Waals surface area contributed by atoms with Crippen molar-refractivity contribution in [3.05, 3.63) is 12.2 Å². The van der Waals surface area contributed by atoms with Crippen LogP contribution in [-0.4, -0.2) is 55.4 Å². The van der Waals surface area contributed by atoms with Crippen molar-refractivity contribution in [3.8, 4) is 0 Å². The Morgan fingerprint density at radius 1 is 1.32 bits per heavy atom. The Balaban J connectivity index is 1.41. The zero-order valence-corrected chi connectivity index (χ0v) is 14.6. The summed E-state index contributed by atoms with van der Waals surface area (Å²) in [4.78, 5) is 27.5. The van der Waals surface area contributed by atoms with Gasteiger partial charge >= 0.3 is 0 Å². The number of anilines is 1. The van der Waals surface area contributed by atoms with Crippen LogP contribution in [-0.2, 0) is 11.3 Å². The Kier molecular flexibility index (Phi) is 3.35. The normalized spacial score (nSPS) is 25.4. The fraction of sp³-hybridized carbons (Fsp3) is 0.667. The number of hydrogen-bond acceptors (Lipinski definition) is 6. The lowest BCUT2D eigenvalue weighted by molar-refractivity contribution is -0.113. The lowest BCUT2D eigenvalue weighted by Gasteiger charge is -2.22. The molecule has 3 aliphatic rings. The molecule has 3 fully saturated rings. The lowest BCUT2D eigenvalue weighted by Crippen LogP contribution is -2.38. The molecule has 25 heavy (non-hydrogen) atoms. The van der Waals surface area contributed by atoms with E-state index in [2.05, 4.69) is 31.7 Å². The Hall–Kier alpha value is -2.02. The number of carbonyl (C=O) groups is 1. The van der Waals surface area contributed by atoms with E-state index in [0.29, 0.717) is 12.0 Å². The van der Waals surface area contributed by atoms with Crippen LogP contribution in [0.15, 0.2) is 6.33 Å².